The Bertz CT molecular complexity index is 614. The van der Waals surface area contributed by atoms with Gasteiger partial charge in [0.2, 0.25) is 0 Å². The van der Waals surface area contributed by atoms with Gasteiger partial charge in [-0.15, -0.1) is 0 Å². The fourth-order valence-corrected chi connectivity index (χ4v) is 1.82. The standard InChI is InChI=1S/C15H14F3NO/c1-9(19)13-7-12(17)3-5-15(13)20-8-10-6-11(16)2-4-14(10)18/h2-7,9H,8,19H2,1H3/t9-/m0/s1. The zero-order valence-corrected chi connectivity index (χ0v) is 10.9. The van der Waals surface area contributed by atoms with E-state index in [1.165, 1.54) is 18.2 Å². The number of ether oxygens (including phenoxy) is 1. The number of nitrogens with two attached hydrogens (primary N) is 1. The van der Waals surface area contributed by atoms with Gasteiger partial charge in [-0.2, -0.15) is 0 Å². The van der Waals surface area contributed by atoms with Gasteiger partial charge in [0.15, 0.2) is 0 Å². The predicted molar refractivity (Wildman–Crippen MR) is 69.7 cm³/mol. The Morgan fingerprint density at radius 1 is 1.05 bits per heavy atom. The summed E-state index contributed by atoms with van der Waals surface area (Å²) < 4.78 is 45.1. The highest BCUT2D eigenvalue weighted by molar-refractivity contribution is 5.36. The summed E-state index contributed by atoms with van der Waals surface area (Å²) in [6.45, 7) is 1.53. The number of hydrogen-bond acceptors (Lipinski definition) is 2. The van der Waals surface area contributed by atoms with Crippen LogP contribution in [-0.4, -0.2) is 0 Å². The monoisotopic (exact) mass is 281 g/mol. The molecule has 20 heavy (non-hydrogen) atoms. The molecule has 106 valence electrons. The third-order valence-electron chi connectivity index (χ3n) is 2.85. The highest BCUT2D eigenvalue weighted by atomic mass is 19.1. The molecule has 0 aliphatic rings. The van der Waals surface area contributed by atoms with Gasteiger partial charge in [-0.25, -0.2) is 13.2 Å². The quantitative estimate of drug-likeness (QED) is 0.927. The van der Waals surface area contributed by atoms with E-state index in [-0.39, 0.29) is 12.2 Å². The van der Waals surface area contributed by atoms with Crippen molar-refractivity contribution in [1.29, 1.82) is 0 Å². The highest BCUT2D eigenvalue weighted by Gasteiger charge is 2.11. The van der Waals surface area contributed by atoms with E-state index in [1.54, 1.807) is 6.92 Å². The Kier molecular flexibility index (Phi) is 4.29. The number of benzene rings is 2. The van der Waals surface area contributed by atoms with E-state index in [0.29, 0.717) is 11.3 Å². The van der Waals surface area contributed by atoms with Gasteiger partial charge in [-0.05, 0) is 43.3 Å². The molecule has 0 aliphatic carbocycles. The maximum absolute atomic E-state index is 13.5. The van der Waals surface area contributed by atoms with Crippen molar-refractivity contribution >= 4 is 0 Å². The van der Waals surface area contributed by atoms with Gasteiger partial charge in [0.1, 0.15) is 29.8 Å². The average Bonchev–Trinajstić information content (AvgIpc) is 2.40. The number of rotatable bonds is 4. The lowest BCUT2D eigenvalue weighted by Crippen LogP contribution is -2.09. The molecule has 2 aromatic rings. The maximum atomic E-state index is 13.5. The lowest BCUT2D eigenvalue weighted by molar-refractivity contribution is 0.294. The lowest BCUT2D eigenvalue weighted by Gasteiger charge is -2.14. The van der Waals surface area contributed by atoms with E-state index in [9.17, 15) is 13.2 Å². The van der Waals surface area contributed by atoms with E-state index in [0.717, 1.165) is 18.2 Å². The van der Waals surface area contributed by atoms with Crippen LogP contribution in [0.4, 0.5) is 13.2 Å². The van der Waals surface area contributed by atoms with Crippen molar-refractivity contribution < 1.29 is 17.9 Å². The zero-order valence-electron chi connectivity index (χ0n) is 10.9. The minimum Gasteiger partial charge on any atom is -0.488 e. The van der Waals surface area contributed by atoms with Crippen LogP contribution in [0.3, 0.4) is 0 Å². The summed E-state index contributed by atoms with van der Waals surface area (Å²) in [5.41, 5.74) is 6.29. The van der Waals surface area contributed by atoms with Crippen LogP contribution in [0.25, 0.3) is 0 Å². The molecule has 1 atom stereocenters. The molecule has 2 nitrogen and oxygen atoms in total. The van der Waals surface area contributed by atoms with Crippen LogP contribution in [-0.2, 0) is 6.61 Å². The molecule has 2 N–H and O–H groups in total. The molecule has 0 saturated carbocycles. The smallest absolute Gasteiger partial charge is 0.130 e. The first-order chi connectivity index (χ1) is 9.47. The molecule has 0 amide bonds. The molecule has 0 bridgehead atoms. The van der Waals surface area contributed by atoms with Gasteiger partial charge in [0.25, 0.3) is 0 Å². The van der Waals surface area contributed by atoms with Crippen LogP contribution in [0.5, 0.6) is 5.75 Å². The Hall–Kier alpha value is -2.01. The second-order valence-corrected chi connectivity index (χ2v) is 4.50. The Morgan fingerprint density at radius 3 is 2.40 bits per heavy atom. The first-order valence-electron chi connectivity index (χ1n) is 6.09. The predicted octanol–water partition coefficient (Wildman–Crippen LogP) is 3.70. The Balaban J connectivity index is 2.20. The van der Waals surface area contributed by atoms with E-state index in [2.05, 4.69) is 0 Å². The van der Waals surface area contributed by atoms with Crippen LogP contribution < -0.4 is 10.5 Å². The Morgan fingerprint density at radius 2 is 1.70 bits per heavy atom. The van der Waals surface area contributed by atoms with Gasteiger partial charge in [-0.1, -0.05) is 0 Å². The number of hydrogen-bond donors (Lipinski definition) is 1. The van der Waals surface area contributed by atoms with Gasteiger partial charge in [0, 0.05) is 17.2 Å². The second-order valence-electron chi connectivity index (χ2n) is 4.50. The maximum Gasteiger partial charge on any atom is 0.130 e. The molecule has 0 radical (unpaired) electrons. The summed E-state index contributed by atoms with van der Waals surface area (Å²) in [5.74, 6) is -1.18. The first-order valence-corrected chi connectivity index (χ1v) is 6.09. The number of halogens is 3. The van der Waals surface area contributed by atoms with Crippen molar-refractivity contribution in [2.24, 2.45) is 5.73 Å². The topological polar surface area (TPSA) is 35.2 Å². The van der Waals surface area contributed by atoms with Crippen molar-refractivity contribution in [3.63, 3.8) is 0 Å². The SMILES string of the molecule is C[C@H](N)c1cc(F)ccc1OCc1cc(F)ccc1F. The van der Waals surface area contributed by atoms with Gasteiger partial charge in [-0.3, -0.25) is 0 Å². The van der Waals surface area contributed by atoms with Crippen LogP contribution in [0.2, 0.25) is 0 Å². The highest BCUT2D eigenvalue weighted by Crippen LogP contribution is 2.26. The molecule has 0 aromatic heterocycles. The summed E-state index contributed by atoms with van der Waals surface area (Å²) in [5, 5.41) is 0. The van der Waals surface area contributed by atoms with E-state index in [1.807, 2.05) is 0 Å². The molecule has 0 heterocycles. The van der Waals surface area contributed by atoms with Crippen molar-refractivity contribution in [3.05, 3.63) is 65.0 Å². The van der Waals surface area contributed by atoms with E-state index < -0.39 is 23.5 Å². The molecule has 0 spiro atoms. The van der Waals surface area contributed by atoms with E-state index >= 15 is 0 Å². The van der Waals surface area contributed by atoms with Crippen LogP contribution in [0.15, 0.2) is 36.4 Å². The first kappa shape index (κ1) is 14.4. The summed E-state index contributed by atoms with van der Waals surface area (Å²) >= 11 is 0. The molecule has 2 aromatic carbocycles. The fraction of sp³-hybridized carbons (Fsp3) is 0.200. The normalized spacial score (nSPS) is 12.2. The molecule has 0 saturated heterocycles. The van der Waals surface area contributed by atoms with Crippen molar-refractivity contribution in [3.8, 4) is 5.75 Å². The van der Waals surface area contributed by atoms with Crippen molar-refractivity contribution in [2.45, 2.75) is 19.6 Å². The summed E-state index contributed by atoms with van der Waals surface area (Å²) in [6, 6.07) is 6.61. The summed E-state index contributed by atoms with van der Waals surface area (Å²) in [7, 11) is 0. The summed E-state index contributed by atoms with van der Waals surface area (Å²) in [4.78, 5) is 0. The van der Waals surface area contributed by atoms with Gasteiger partial charge < -0.3 is 10.5 Å². The molecule has 0 unspecified atom stereocenters. The van der Waals surface area contributed by atoms with Crippen LogP contribution in [0, 0.1) is 17.5 Å². The van der Waals surface area contributed by atoms with Crippen molar-refractivity contribution in [1.82, 2.24) is 0 Å². The largest absolute Gasteiger partial charge is 0.488 e. The third kappa shape index (κ3) is 3.30. The fourth-order valence-electron chi connectivity index (χ4n) is 1.82. The third-order valence-corrected chi connectivity index (χ3v) is 2.85. The minimum atomic E-state index is -0.559. The Labute approximate surface area is 115 Å². The van der Waals surface area contributed by atoms with Crippen LogP contribution >= 0.6 is 0 Å². The molecule has 5 heteroatoms. The van der Waals surface area contributed by atoms with Crippen LogP contribution in [0.1, 0.15) is 24.1 Å². The summed E-state index contributed by atoms with van der Waals surface area (Å²) in [6.07, 6.45) is 0. The van der Waals surface area contributed by atoms with Crippen molar-refractivity contribution in [2.75, 3.05) is 0 Å². The lowest BCUT2D eigenvalue weighted by atomic mass is 10.1. The minimum absolute atomic E-state index is 0.0879. The molecule has 0 aliphatic heterocycles. The van der Waals surface area contributed by atoms with Gasteiger partial charge >= 0.3 is 0 Å². The average molecular weight is 281 g/mol. The molecular formula is C15H14F3NO. The second kappa shape index (κ2) is 5.96. The molecule has 0 fully saturated rings. The van der Waals surface area contributed by atoms with E-state index in [4.69, 9.17) is 10.5 Å². The molecular weight excluding hydrogens is 267 g/mol. The molecule has 2 rings (SSSR count). The zero-order chi connectivity index (χ0) is 14.7. The van der Waals surface area contributed by atoms with Gasteiger partial charge in [0.05, 0.1) is 0 Å².